The number of rotatable bonds is 5. The molecule has 1 heterocycles. The maximum Gasteiger partial charge on any atom is 0.312 e. The molecule has 0 unspecified atom stereocenters. The molecule has 0 aliphatic carbocycles. The van der Waals surface area contributed by atoms with Crippen LogP contribution in [-0.2, 0) is 14.4 Å². The highest BCUT2D eigenvalue weighted by molar-refractivity contribution is 6.35. The Hall–Kier alpha value is -1.34. The zero-order chi connectivity index (χ0) is 12.8. The van der Waals surface area contributed by atoms with Gasteiger partial charge in [-0.25, -0.2) is 0 Å². The SMILES string of the molecule is CCN1CCN(CC(=O)NCCN)C(=O)C1=O.Cl. The highest BCUT2D eigenvalue weighted by atomic mass is 35.5. The van der Waals surface area contributed by atoms with Crippen molar-refractivity contribution in [2.75, 3.05) is 39.3 Å². The molecule has 18 heavy (non-hydrogen) atoms. The third-order valence-corrected chi connectivity index (χ3v) is 2.58. The lowest BCUT2D eigenvalue weighted by Gasteiger charge is -2.32. The van der Waals surface area contributed by atoms with Crippen molar-refractivity contribution in [3.8, 4) is 0 Å². The van der Waals surface area contributed by atoms with Crippen molar-refractivity contribution in [3.63, 3.8) is 0 Å². The number of likely N-dealkylation sites (N-methyl/N-ethyl adjacent to an activating group) is 1. The van der Waals surface area contributed by atoms with E-state index in [1.165, 1.54) is 9.80 Å². The van der Waals surface area contributed by atoms with Crippen molar-refractivity contribution in [2.24, 2.45) is 5.73 Å². The maximum atomic E-state index is 11.6. The summed E-state index contributed by atoms with van der Waals surface area (Å²) in [5.74, 6) is -1.44. The Morgan fingerprint density at radius 1 is 1.28 bits per heavy atom. The highest BCUT2D eigenvalue weighted by Gasteiger charge is 2.32. The topological polar surface area (TPSA) is 95.7 Å². The van der Waals surface area contributed by atoms with Crippen molar-refractivity contribution in [2.45, 2.75) is 6.92 Å². The highest BCUT2D eigenvalue weighted by Crippen LogP contribution is 2.04. The molecule has 0 aromatic carbocycles. The fourth-order valence-corrected chi connectivity index (χ4v) is 1.61. The quantitative estimate of drug-likeness (QED) is 0.579. The normalized spacial score (nSPS) is 15.4. The molecule has 0 atom stereocenters. The molecule has 104 valence electrons. The van der Waals surface area contributed by atoms with Crippen LogP contribution in [0.4, 0.5) is 0 Å². The predicted octanol–water partition coefficient (Wildman–Crippen LogP) is -1.83. The predicted molar refractivity (Wildman–Crippen MR) is 68.1 cm³/mol. The number of nitrogens with two attached hydrogens (primary N) is 1. The van der Waals surface area contributed by atoms with E-state index in [1.807, 2.05) is 6.92 Å². The minimum absolute atomic E-state index is 0. The van der Waals surface area contributed by atoms with Crippen molar-refractivity contribution < 1.29 is 14.4 Å². The Balaban J connectivity index is 0.00000289. The van der Waals surface area contributed by atoms with Gasteiger partial charge in [0.2, 0.25) is 5.91 Å². The van der Waals surface area contributed by atoms with Crippen molar-refractivity contribution in [1.82, 2.24) is 15.1 Å². The Morgan fingerprint density at radius 3 is 2.39 bits per heavy atom. The van der Waals surface area contributed by atoms with Gasteiger partial charge in [0, 0.05) is 32.7 Å². The summed E-state index contributed by atoms with van der Waals surface area (Å²) in [6.07, 6.45) is 0. The average molecular weight is 279 g/mol. The standard InChI is InChI=1S/C10H18N4O3.ClH/c1-2-13-5-6-14(10(17)9(13)16)7-8(15)12-4-3-11;/h2-7,11H2,1H3,(H,12,15);1H. The monoisotopic (exact) mass is 278 g/mol. The number of carbonyl (C=O) groups excluding carboxylic acids is 3. The van der Waals surface area contributed by atoms with Gasteiger partial charge >= 0.3 is 11.8 Å². The summed E-state index contributed by atoms with van der Waals surface area (Å²) < 4.78 is 0. The number of hydrogen-bond acceptors (Lipinski definition) is 4. The fourth-order valence-electron chi connectivity index (χ4n) is 1.61. The number of nitrogens with zero attached hydrogens (tertiary/aromatic N) is 2. The molecule has 0 spiro atoms. The Bertz CT molecular complexity index is 324. The second-order valence-electron chi connectivity index (χ2n) is 3.75. The van der Waals surface area contributed by atoms with Gasteiger partial charge in [0.15, 0.2) is 0 Å². The lowest BCUT2D eigenvalue weighted by atomic mass is 10.3. The summed E-state index contributed by atoms with van der Waals surface area (Å²) in [6.45, 7) is 3.84. The van der Waals surface area contributed by atoms with Gasteiger partial charge < -0.3 is 20.9 Å². The van der Waals surface area contributed by atoms with Crippen LogP contribution in [-0.4, -0.2) is 66.8 Å². The van der Waals surface area contributed by atoms with Gasteiger partial charge in [-0.05, 0) is 6.92 Å². The Kier molecular flexibility index (Phi) is 7.30. The van der Waals surface area contributed by atoms with Crippen LogP contribution in [0.2, 0.25) is 0 Å². The lowest BCUT2D eigenvalue weighted by Crippen LogP contribution is -2.56. The molecule has 0 saturated carbocycles. The molecular weight excluding hydrogens is 260 g/mol. The zero-order valence-corrected chi connectivity index (χ0v) is 11.2. The minimum Gasteiger partial charge on any atom is -0.353 e. The van der Waals surface area contributed by atoms with Gasteiger partial charge in [-0.15, -0.1) is 12.4 Å². The molecule has 7 nitrogen and oxygen atoms in total. The third kappa shape index (κ3) is 4.15. The van der Waals surface area contributed by atoms with Crippen LogP contribution in [0, 0.1) is 0 Å². The van der Waals surface area contributed by atoms with E-state index >= 15 is 0 Å². The van der Waals surface area contributed by atoms with Gasteiger partial charge in [-0.1, -0.05) is 0 Å². The largest absolute Gasteiger partial charge is 0.353 e. The van der Waals surface area contributed by atoms with E-state index in [-0.39, 0.29) is 24.9 Å². The van der Waals surface area contributed by atoms with Crippen molar-refractivity contribution >= 4 is 30.1 Å². The first kappa shape index (κ1) is 16.7. The van der Waals surface area contributed by atoms with E-state index in [4.69, 9.17) is 5.73 Å². The van der Waals surface area contributed by atoms with Gasteiger partial charge in [0.05, 0.1) is 0 Å². The van der Waals surface area contributed by atoms with Crippen molar-refractivity contribution in [3.05, 3.63) is 0 Å². The van der Waals surface area contributed by atoms with Crippen molar-refractivity contribution in [1.29, 1.82) is 0 Å². The first-order valence-electron chi connectivity index (χ1n) is 5.65. The minimum atomic E-state index is -0.610. The second-order valence-corrected chi connectivity index (χ2v) is 3.75. The molecule has 1 aliphatic rings. The molecule has 1 fully saturated rings. The molecule has 1 rings (SSSR count). The first-order valence-corrected chi connectivity index (χ1v) is 5.65. The van der Waals surface area contributed by atoms with E-state index in [1.54, 1.807) is 0 Å². The molecule has 8 heteroatoms. The molecular formula is C10H19ClN4O3. The van der Waals surface area contributed by atoms with Crippen LogP contribution in [0.5, 0.6) is 0 Å². The Labute approximate surface area is 112 Å². The third-order valence-electron chi connectivity index (χ3n) is 2.58. The van der Waals surface area contributed by atoms with Crippen LogP contribution >= 0.6 is 12.4 Å². The van der Waals surface area contributed by atoms with E-state index in [9.17, 15) is 14.4 Å². The molecule has 3 amide bonds. The van der Waals surface area contributed by atoms with Crippen LogP contribution in [0.15, 0.2) is 0 Å². The molecule has 1 saturated heterocycles. The number of halogens is 1. The molecule has 0 bridgehead atoms. The summed E-state index contributed by atoms with van der Waals surface area (Å²) in [4.78, 5) is 37.3. The van der Waals surface area contributed by atoms with Crippen LogP contribution in [0.25, 0.3) is 0 Å². The Morgan fingerprint density at radius 2 is 1.83 bits per heavy atom. The first-order chi connectivity index (χ1) is 8.10. The summed E-state index contributed by atoms with van der Waals surface area (Å²) in [7, 11) is 0. The zero-order valence-electron chi connectivity index (χ0n) is 10.3. The number of piperazine rings is 1. The van der Waals surface area contributed by atoms with Crippen LogP contribution in [0.3, 0.4) is 0 Å². The fraction of sp³-hybridized carbons (Fsp3) is 0.700. The summed E-state index contributed by atoms with van der Waals surface area (Å²) >= 11 is 0. The lowest BCUT2D eigenvalue weighted by molar-refractivity contribution is -0.156. The second kappa shape index (κ2) is 7.88. The van der Waals surface area contributed by atoms with E-state index in [2.05, 4.69) is 5.32 Å². The van der Waals surface area contributed by atoms with Crippen LogP contribution in [0.1, 0.15) is 6.92 Å². The molecule has 3 N–H and O–H groups in total. The van der Waals surface area contributed by atoms with Gasteiger partial charge in [-0.2, -0.15) is 0 Å². The van der Waals surface area contributed by atoms with Gasteiger partial charge in [0.1, 0.15) is 6.54 Å². The van der Waals surface area contributed by atoms with Gasteiger partial charge in [0.25, 0.3) is 0 Å². The molecule has 0 aromatic heterocycles. The number of nitrogens with one attached hydrogen (secondary N) is 1. The maximum absolute atomic E-state index is 11.6. The summed E-state index contributed by atoms with van der Waals surface area (Å²) in [5, 5.41) is 2.56. The van der Waals surface area contributed by atoms with E-state index in [0.29, 0.717) is 32.7 Å². The average Bonchev–Trinajstić information content (AvgIpc) is 2.33. The van der Waals surface area contributed by atoms with E-state index < -0.39 is 11.8 Å². The molecule has 0 aromatic rings. The molecule has 0 radical (unpaired) electrons. The van der Waals surface area contributed by atoms with E-state index in [0.717, 1.165) is 0 Å². The smallest absolute Gasteiger partial charge is 0.312 e. The number of amides is 3. The van der Waals surface area contributed by atoms with Crippen LogP contribution < -0.4 is 11.1 Å². The summed E-state index contributed by atoms with van der Waals surface area (Å²) in [6, 6.07) is 0. The number of carbonyl (C=O) groups is 3. The molecule has 1 aliphatic heterocycles. The summed E-state index contributed by atoms with van der Waals surface area (Å²) in [5.41, 5.74) is 5.24. The number of hydrogen-bond donors (Lipinski definition) is 2. The van der Waals surface area contributed by atoms with Gasteiger partial charge in [-0.3, -0.25) is 14.4 Å².